The van der Waals surface area contributed by atoms with Gasteiger partial charge in [0.15, 0.2) is 0 Å². The van der Waals surface area contributed by atoms with Gasteiger partial charge in [-0.3, -0.25) is 0 Å². The summed E-state index contributed by atoms with van der Waals surface area (Å²) in [6.45, 7) is 9.73. The fourth-order valence-corrected chi connectivity index (χ4v) is 4.33. The Kier molecular flexibility index (Phi) is 5.27. The van der Waals surface area contributed by atoms with Crippen LogP contribution < -0.4 is 5.73 Å². The molecule has 1 aliphatic carbocycles. The maximum atomic E-state index is 6.40. The van der Waals surface area contributed by atoms with Gasteiger partial charge in [0.05, 0.1) is 0 Å². The number of nitrogens with zero attached hydrogens (tertiary/aromatic N) is 2. The smallest absolute Gasteiger partial charge is 0.00844 e. The molecule has 2 aliphatic rings. The van der Waals surface area contributed by atoms with Crippen LogP contribution >= 0.6 is 0 Å². The quantitative estimate of drug-likeness (QED) is 0.844. The second-order valence-electron chi connectivity index (χ2n) is 7.52. The van der Waals surface area contributed by atoms with Crippen LogP contribution in [0.2, 0.25) is 0 Å². The number of hydrogen-bond acceptors (Lipinski definition) is 3. The first-order valence-corrected chi connectivity index (χ1v) is 8.08. The molecule has 0 amide bonds. The summed E-state index contributed by atoms with van der Waals surface area (Å²) in [5.74, 6) is 3.16. The molecule has 0 radical (unpaired) electrons. The molecule has 5 unspecified atom stereocenters. The first-order chi connectivity index (χ1) is 8.95. The van der Waals surface area contributed by atoms with Crippen LogP contribution in [0.25, 0.3) is 0 Å². The van der Waals surface area contributed by atoms with Gasteiger partial charge in [0.25, 0.3) is 0 Å². The van der Waals surface area contributed by atoms with Crippen molar-refractivity contribution >= 4 is 0 Å². The maximum absolute atomic E-state index is 6.40. The molecule has 3 nitrogen and oxygen atoms in total. The molecule has 0 spiro atoms. The molecule has 2 rings (SSSR count). The van der Waals surface area contributed by atoms with E-state index in [0.29, 0.717) is 12.0 Å². The summed E-state index contributed by atoms with van der Waals surface area (Å²) in [6.07, 6.45) is 3.94. The number of rotatable bonds is 4. The van der Waals surface area contributed by atoms with Gasteiger partial charge in [-0.1, -0.05) is 13.8 Å². The Morgan fingerprint density at radius 1 is 1.21 bits per heavy atom. The minimum atomic E-state index is 0.410. The highest BCUT2D eigenvalue weighted by Gasteiger charge is 2.32. The molecule has 1 saturated heterocycles. The molecular weight excluding hydrogens is 234 g/mol. The standard InChI is InChI=1S/C16H33N3/c1-12-7-13(2)15(16(17)8-12)11-19(4)10-14-5-6-18(3)9-14/h12-16H,5-11,17H2,1-4H3. The van der Waals surface area contributed by atoms with Crippen LogP contribution in [0.3, 0.4) is 0 Å². The second kappa shape index (κ2) is 6.55. The van der Waals surface area contributed by atoms with Gasteiger partial charge in [-0.15, -0.1) is 0 Å². The number of nitrogens with two attached hydrogens (primary N) is 1. The van der Waals surface area contributed by atoms with Gasteiger partial charge >= 0.3 is 0 Å². The first-order valence-electron chi connectivity index (χ1n) is 8.08. The van der Waals surface area contributed by atoms with Gasteiger partial charge in [0.2, 0.25) is 0 Å². The van der Waals surface area contributed by atoms with Crippen molar-refractivity contribution in [2.45, 2.75) is 39.2 Å². The summed E-state index contributed by atoms with van der Waals surface area (Å²) < 4.78 is 0. The van der Waals surface area contributed by atoms with Crippen LogP contribution in [0.15, 0.2) is 0 Å². The highest BCUT2D eigenvalue weighted by Crippen LogP contribution is 2.33. The van der Waals surface area contributed by atoms with Crippen molar-refractivity contribution in [2.24, 2.45) is 29.4 Å². The molecule has 2 fully saturated rings. The zero-order valence-corrected chi connectivity index (χ0v) is 13.3. The Labute approximate surface area is 119 Å². The van der Waals surface area contributed by atoms with E-state index in [2.05, 4.69) is 37.7 Å². The van der Waals surface area contributed by atoms with Crippen molar-refractivity contribution < 1.29 is 0 Å². The lowest BCUT2D eigenvalue weighted by Crippen LogP contribution is -2.46. The van der Waals surface area contributed by atoms with E-state index in [-0.39, 0.29) is 0 Å². The van der Waals surface area contributed by atoms with Gasteiger partial charge in [-0.2, -0.15) is 0 Å². The predicted molar refractivity (Wildman–Crippen MR) is 82.1 cm³/mol. The van der Waals surface area contributed by atoms with Gasteiger partial charge in [0.1, 0.15) is 0 Å². The van der Waals surface area contributed by atoms with Crippen LogP contribution in [0.4, 0.5) is 0 Å². The van der Waals surface area contributed by atoms with E-state index in [1.165, 1.54) is 45.4 Å². The van der Waals surface area contributed by atoms with Crippen LogP contribution in [-0.4, -0.2) is 56.1 Å². The summed E-state index contributed by atoms with van der Waals surface area (Å²) in [4.78, 5) is 5.00. The van der Waals surface area contributed by atoms with Crippen LogP contribution in [0, 0.1) is 23.7 Å². The summed E-state index contributed by atoms with van der Waals surface area (Å²) >= 11 is 0. The molecule has 0 aromatic rings. The normalized spacial score (nSPS) is 41.1. The van der Waals surface area contributed by atoms with E-state index in [1.54, 1.807) is 0 Å². The largest absolute Gasteiger partial charge is 0.327 e. The SMILES string of the molecule is CC1CC(C)C(CN(C)CC2CCN(C)C2)C(N)C1. The average Bonchev–Trinajstić information content (AvgIpc) is 2.69. The molecule has 1 aliphatic heterocycles. The molecule has 3 heteroatoms. The van der Waals surface area contributed by atoms with E-state index >= 15 is 0 Å². The average molecular weight is 267 g/mol. The van der Waals surface area contributed by atoms with Gasteiger partial charge in [0, 0.05) is 25.7 Å². The molecule has 5 atom stereocenters. The van der Waals surface area contributed by atoms with Crippen molar-refractivity contribution in [1.82, 2.24) is 9.80 Å². The van der Waals surface area contributed by atoms with E-state index in [4.69, 9.17) is 5.73 Å². The summed E-state index contributed by atoms with van der Waals surface area (Å²) in [6, 6.07) is 0.410. The van der Waals surface area contributed by atoms with Crippen molar-refractivity contribution in [3.05, 3.63) is 0 Å². The Hall–Kier alpha value is -0.120. The fraction of sp³-hybridized carbons (Fsp3) is 1.00. The Morgan fingerprint density at radius 3 is 2.53 bits per heavy atom. The molecule has 19 heavy (non-hydrogen) atoms. The van der Waals surface area contributed by atoms with Crippen molar-refractivity contribution in [1.29, 1.82) is 0 Å². The number of hydrogen-bond donors (Lipinski definition) is 1. The van der Waals surface area contributed by atoms with Crippen molar-refractivity contribution in [3.63, 3.8) is 0 Å². The van der Waals surface area contributed by atoms with E-state index in [1.807, 2.05) is 0 Å². The molecule has 2 N–H and O–H groups in total. The van der Waals surface area contributed by atoms with Crippen molar-refractivity contribution in [2.75, 3.05) is 40.3 Å². The van der Waals surface area contributed by atoms with E-state index in [9.17, 15) is 0 Å². The monoisotopic (exact) mass is 267 g/mol. The number of likely N-dealkylation sites (tertiary alicyclic amines) is 1. The highest BCUT2D eigenvalue weighted by molar-refractivity contribution is 4.87. The molecule has 0 aromatic carbocycles. The summed E-state index contributed by atoms with van der Waals surface area (Å²) in [5, 5.41) is 0. The Morgan fingerprint density at radius 2 is 1.95 bits per heavy atom. The fourth-order valence-electron chi connectivity index (χ4n) is 4.33. The Bertz CT molecular complexity index is 269. The zero-order chi connectivity index (χ0) is 14.0. The summed E-state index contributed by atoms with van der Waals surface area (Å²) in [5.41, 5.74) is 6.40. The summed E-state index contributed by atoms with van der Waals surface area (Å²) in [7, 11) is 4.52. The van der Waals surface area contributed by atoms with Crippen LogP contribution in [0.5, 0.6) is 0 Å². The van der Waals surface area contributed by atoms with Crippen LogP contribution in [-0.2, 0) is 0 Å². The molecule has 1 saturated carbocycles. The minimum absolute atomic E-state index is 0.410. The molecule has 0 aromatic heterocycles. The molecule has 1 heterocycles. The van der Waals surface area contributed by atoms with E-state index in [0.717, 1.165) is 17.8 Å². The molecule has 0 bridgehead atoms. The van der Waals surface area contributed by atoms with Crippen molar-refractivity contribution in [3.8, 4) is 0 Å². The first kappa shape index (κ1) is 15.3. The topological polar surface area (TPSA) is 32.5 Å². The van der Waals surface area contributed by atoms with Gasteiger partial charge in [-0.25, -0.2) is 0 Å². The Balaban J connectivity index is 1.79. The predicted octanol–water partition coefficient (Wildman–Crippen LogP) is 1.88. The minimum Gasteiger partial charge on any atom is -0.327 e. The molecular formula is C16H33N3. The third kappa shape index (κ3) is 4.17. The lowest BCUT2D eigenvalue weighted by Gasteiger charge is -2.40. The maximum Gasteiger partial charge on any atom is 0.00844 e. The van der Waals surface area contributed by atoms with Gasteiger partial charge < -0.3 is 15.5 Å². The van der Waals surface area contributed by atoms with Crippen LogP contribution in [0.1, 0.15) is 33.1 Å². The molecule has 112 valence electrons. The lowest BCUT2D eigenvalue weighted by molar-refractivity contribution is 0.123. The lowest BCUT2D eigenvalue weighted by atomic mass is 9.72. The second-order valence-corrected chi connectivity index (χ2v) is 7.52. The third-order valence-electron chi connectivity index (χ3n) is 5.31. The third-order valence-corrected chi connectivity index (χ3v) is 5.31. The van der Waals surface area contributed by atoms with E-state index < -0.39 is 0 Å². The zero-order valence-electron chi connectivity index (χ0n) is 13.3. The highest BCUT2D eigenvalue weighted by atomic mass is 15.1. The van der Waals surface area contributed by atoms with Gasteiger partial charge in [-0.05, 0) is 63.6 Å².